The van der Waals surface area contributed by atoms with Gasteiger partial charge in [-0.25, -0.2) is 0 Å². The van der Waals surface area contributed by atoms with Gasteiger partial charge < -0.3 is 5.11 Å². The summed E-state index contributed by atoms with van der Waals surface area (Å²) in [6.07, 6.45) is 6.29. The molecule has 2 aromatic rings. The van der Waals surface area contributed by atoms with Crippen LogP contribution in [0.3, 0.4) is 0 Å². The lowest BCUT2D eigenvalue weighted by atomic mass is 10.0. The van der Waals surface area contributed by atoms with E-state index in [4.69, 9.17) is 0 Å². The van der Waals surface area contributed by atoms with E-state index in [2.05, 4.69) is 29.6 Å². The van der Waals surface area contributed by atoms with Gasteiger partial charge in [0.1, 0.15) is 5.78 Å². The molecule has 1 N–H and O–H groups in total. The van der Waals surface area contributed by atoms with E-state index in [1.165, 1.54) is 10.1 Å². The maximum absolute atomic E-state index is 11.2. The smallest absolute Gasteiger partial charge is 0.133 e. The van der Waals surface area contributed by atoms with Crippen molar-refractivity contribution in [2.75, 3.05) is 0 Å². The van der Waals surface area contributed by atoms with E-state index in [9.17, 15) is 9.90 Å². The van der Waals surface area contributed by atoms with Gasteiger partial charge in [0.2, 0.25) is 0 Å². The maximum Gasteiger partial charge on any atom is 0.133 e. The predicted octanol–water partition coefficient (Wildman–Crippen LogP) is 3.73. The molecule has 0 saturated heterocycles. The molecule has 1 saturated carbocycles. The van der Waals surface area contributed by atoms with E-state index in [-0.39, 0.29) is 0 Å². The Labute approximate surface area is 122 Å². The number of Topliss-reactive ketones (excluding diaryl/α,β-unsaturated/α-hetero) is 1. The van der Waals surface area contributed by atoms with Crippen LogP contribution in [0.2, 0.25) is 0 Å². The molecule has 1 aliphatic rings. The van der Waals surface area contributed by atoms with Gasteiger partial charge in [-0.1, -0.05) is 24.3 Å². The van der Waals surface area contributed by atoms with Gasteiger partial charge in [-0.2, -0.15) is 0 Å². The van der Waals surface area contributed by atoms with E-state index < -0.39 is 6.10 Å². The number of hydrogen-bond acceptors (Lipinski definition) is 3. The van der Waals surface area contributed by atoms with Crippen molar-refractivity contribution < 1.29 is 9.90 Å². The molecule has 0 radical (unpaired) electrons. The van der Waals surface area contributed by atoms with E-state index in [1.54, 1.807) is 11.3 Å². The maximum atomic E-state index is 11.2. The van der Waals surface area contributed by atoms with Gasteiger partial charge >= 0.3 is 0 Å². The fraction of sp³-hybridized carbons (Fsp3) is 0.353. The Morgan fingerprint density at radius 3 is 3.10 bits per heavy atom. The lowest BCUT2D eigenvalue weighted by Crippen LogP contribution is -2.07. The SMILES string of the molecule is O=C1CC[C@H](/C=C/C(O)Cc2ccc3ccsc3c2)C1. The Kier molecular flexibility index (Phi) is 3.99. The molecule has 104 valence electrons. The highest BCUT2D eigenvalue weighted by Crippen LogP contribution is 2.24. The highest BCUT2D eigenvalue weighted by molar-refractivity contribution is 7.17. The molecule has 2 nitrogen and oxygen atoms in total. The van der Waals surface area contributed by atoms with Gasteiger partial charge in [-0.15, -0.1) is 11.3 Å². The molecule has 1 aromatic heterocycles. The standard InChI is InChI=1S/C17H18O2S/c18-15-5-2-12(9-15)3-6-16(19)10-13-1-4-14-7-8-20-17(14)11-13/h1,3-4,6-8,11-12,16,19H,2,5,9-10H2/b6-3+/t12-,16?/m1/s1. The number of rotatable bonds is 4. The molecular formula is C17H18O2S. The number of carbonyl (C=O) groups excluding carboxylic acids is 1. The Bertz CT molecular complexity index is 641. The Morgan fingerprint density at radius 1 is 1.40 bits per heavy atom. The average molecular weight is 286 g/mol. The molecule has 1 unspecified atom stereocenters. The minimum Gasteiger partial charge on any atom is -0.389 e. The molecule has 3 rings (SSSR count). The molecule has 1 aliphatic carbocycles. The van der Waals surface area contributed by atoms with Crippen molar-refractivity contribution in [2.24, 2.45) is 5.92 Å². The summed E-state index contributed by atoms with van der Waals surface area (Å²) in [5.41, 5.74) is 1.15. The van der Waals surface area contributed by atoms with Crippen molar-refractivity contribution in [3.05, 3.63) is 47.4 Å². The molecule has 3 heteroatoms. The number of thiophene rings is 1. The summed E-state index contributed by atoms with van der Waals surface area (Å²) in [6.45, 7) is 0. The van der Waals surface area contributed by atoms with Crippen LogP contribution in [0, 0.1) is 5.92 Å². The van der Waals surface area contributed by atoms with Crippen LogP contribution >= 0.6 is 11.3 Å². The first-order valence-corrected chi connectivity index (χ1v) is 7.93. The van der Waals surface area contributed by atoms with Gasteiger partial charge in [0.25, 0.3) is 0 Å². The second-order valence-corrected chi connectivity index (χ2v) is 6.44. The van der Waals surface area contributed by atoms with Crippen molar-refractivity contribution in [1.29, 1.82) is 0 Å². The lowest BCUT2D eigenvalue weighted by Gasteiger charge is -2.07. The molecule has 2 atom stereocenters. The molecule has 0 aliphatic heterocycles. The van der Waals surface area contributed by atoms with E-state index in [1.807, 2.05) is 12.2 Å². The largest absolute Gasteiger partial charge is 0.389 e. The molecule has 0 bridgehead atoms. The number of fused-ring (bicyclic) bond motifs is 1. The zero-order valence-corrected chi connectivity index (χ0v) is 12.1. The number of aliphatic hydroxyl groups is 1. The summed E-state index contributed by atoms with van der Waals surface area (Å²) in [7, 11) is 0. The molecule has 0 amide bonds. The van der Waals surface area contributed by atoms with E-state index in [0.29, 0.717) is 31.0 Å². The lowest BCUT2D eigenvalue weighted by molar-refractivity contribution is -0.117. The van der Waals surface area contributed by atoms with Gasteiger partial charge in [0, 0.05) is 24.0 Å². The summed E-state index contributed by atoms with van der Waals surface area (Å²) in [6, 6.07) is 8.44. The Balaban J connectivity index is 1.61. The van der Waals surface area contributed by atoms with Crippen molar-refractivity contribution >= 4 is 27.2 Å². The van der Waals surface area contributed by atoms with Crippen LogP contribution in [0.4, 0.5) is 0 Å². The van der Waals surface area contributed by atoms with Crippen molar-refractivity contribution in [3.8, 4) is 0 Å². The topological polar surface area (TPSA) is 37.3 Å². The number of ketones is 1. The zero-order chi connectivity index (χ0) is 13.9. The number of hydrogen-bond donors (Lipinski definition) is 1. The number of carbonyl (C=O) groups is 1. The van der Waals surface area contributed by atoms with Gasteiger partial charge in [0.05, 0.1) is 6.10 Å². The summed E-state index contributed by atoms with van der Waals surface area (Å²) in [5.74, 6) is 0.675. The van der Waals surface area contributed by atoms with Crippen LogP contribution in [-0.2, 0) is 11.2 Å². The molecule has 1 heterocycles. The Hall–Kier alpha value is -1.45. The van der Waals surface area contributed by atoms with Gasteiger partial charge in [-0.05, 0) is 40.8 Å². The van der Waals surface area contributed by atoms with Crippen LogP contribution in [0.25, 0.3) is 10.1 Å². The number of aliphatic hydroxyl groups excluding tert-OH is 1. The first kappa shape index (κ1) is 13.5. The van der Waals surface area contributed by atoms with Crippen molar-refractivity contribution in [3.63, 3.8) is 0 Å². The second-order valence-electron chi connectivity index (χ2n) is 5.49. The highest BCUT2D eigenvalue weighted by atomic mass is 32.1. The quantitative estimate of drug-likeness (QED) is 0.870. The van der Waals surface area contributed by atoms with Crippen LogP contribution in [0.1, 0.15) is 24.8 Å². The zero-order valence-electron chi connectivity index (χ0n) is 11.3. The third kappa shape index (κ3) is 3.17. The molecule has 1 aromatic carbocycles. The summed E-state index contributed by atoms with van der Waals surface area (Å²) < 4.78 is 1.26. The minimum absolute atomic E-state index is 0.330. The van der Waals surface area contributed by atoms with Crippen molar-refractivity contribution in [2.45, 2.75) is 31.8 Å². The first-order valence-electron chi connectivity index (χ1n) is 7.05. The average Bonchev–Trinajstić information content (AvgIpc) is 3.04. The summed E-state index contributed by atoms with van der Waals surface area (Å²) in [4.78, 5) is 11.2. The van der Waals surface area contributed by atoms with Crippen LogP contribution in [0.15, 0.2) is 41.8 Å². The summed E-state index contributed by atoms with van der Waals surface area (Å²) >= 11 is 1.73. The normalized spacial score (nSPS) is 21.1. The number of benzene rings is 1. The van der Waals surface area contributed by atoms with Gasteiger partial charge in [0.15, 0.2) is 0 Å². The van der Waals surface area contributed by atoms with Crippen molar-refractivity contribution in [1.82, 2.24) is 0 Å². The van der Waals surface area contributed by atoms with Crippen LogP contribution in [-0.4, -0.2) is 17.0 Å². The van der Waals surface area contributed by atoms with Crippen LogP contribution in [0.5, 0.6) is 0 Å². The fourth-order valence-electron chi connectivity index (χ4n) is 2.73. The molecule has 20 heavy (non-hydrogen) atoms. The highest BCUT2D eigenvalue weighted by Gasteiger charge is 2.19. The molecular weight excluding hydrogens is 268 g/mol. The van der Waals surface area contributed by atoms with Crippen LogP contribution < -0.4 is 0 Å². The minimum atomic E-state index is -0.469. The molecule has 1 fully saturated rings. The van der Waals surface area contributed by atoms with E-state index in [0.717, 1.165) is 12.0 Å². The third-order valence-corrected chi connectivity index (χ3v) is 4.73. The fourth-order valence-corrected chi connectivity index (χ4v) is 3.58. The monoisotopic (exact) mass is 286 g/mol. The number of allylic oxidation sites excluding steroid dienone is 1. The predicted molar refractivity (Wildman–Crippen MR) is 83.0 cm³/mol. The summed E-state index contributed by atoms with van der Waals surface area (Å²) in [5, 5.41) is 13.4. The Morgan fingerprint density at radius 2 is 2.30 bits per heavy atom. The second kappa shape index (κ2) is 5.90. The molecule has 0 spiro atoms. The van der Waals surface area contributed by atoms with Gasteiger partial charge in [-0.3, -0.25) is 4.79 Å². The third-order valence-electron chi connectivity index (χ3n) is 3.85. The van der Waals surface area contributed by atoms with E-state index >= 15 is 0 Å². The first-order chi connectivity index (χ1) is 9.70.